The molecule has 1 aliphatic rings. The first-order valence-corrected chi connectivity index (χ1v) is 8.14. The van der Waals surface area contributed by atoms with Crippen molar-refractivity contribution in [2.45, 2.75) is 57.4 Å². The zero-order valence-electron chi connectivity index (χ0n) is 13.3. The topological polar surface area (TPSA) is 46.3 Å². The Morgan fingerprint density at radius 3 is 2.43 bits per heavy atom. The first-order valence-electron chi connectivity index (χ1n) is 8.14. The van der Waals surface area contributed by atoms with Crippen LogP contribution in [0.15, 0.2) is 30.3 Å². The van der Waals surface area contributed by atoms with Gasteiger partial charge in [-0.1, -0.05) is 43.2 Å². The standard InChI is InChI=1S/C18H28N2O/c1-18(2,15-9-4-3-5-10-15)17(21)20(14-8-13-19)16-11-6-7-12-16/h3-5,9-10,16H,6-8,11-14,19H2,1-2H3. The highest BCUT2D eigenvalue weighted by Crippen LogP contribution is 2.30. The number of nitrogens with zero attached hydrogens (tertiary/aromatic N) is 1. The third-order valence-corrected chi connectivity index (χ3v) is 4.66. The van der Waals surface area contributed by atoms with Crippen LogP contribution in [-0.4, -0.2) is 29.9 Å². The highest BCUT2D eigenvalue weighted by atomic mass is 16.2. The second kappa shape index (κ2) is 7.08. The van der Waals surface area contributed by atoms with Crippen molar-refractivity contribution in [3.63, 3.8) is 0 Å². The summed E-state index contributed by atoms with van der Waals surface area (Å²) in [6.45, 7) is 5.50. The number of hydrogen-bond donors (Lipinski definition) is 1. The molecule has 0 spiro atoms. The average Bonchev–Trinajstić information content (AvgIpc) is 3.02. The molecule has 3 heteroatoms. The smallest absolute Gasteiger partial charge is 0.232 e. The lowest BCUT2D eigenvalue weighted by atomic mass is 9.82. The van der Waals surface area contributed by atoms with Crippen LogP contribution in [0.4, 0.5) is 0 Å². The molecule has 0 bridgehead atoms. The van der Waals surface area contributed by atoms with Crippen molar-refractivity contribution in [3.8, 4) is 0 Å². The van der Waals surface area contributed by atoms with Gasteiger partial charge in [-0.25, -0.2) is 0 Å². The normalized spacial score (nSPS) is 16.1. The molecule has 2 N–H and O–H groups in total. The van der Waals surface area contributed by atoms with Gasteiger partial charge in [-0.15, -0.1) is 0 Å². The van der Waals surface area contributed by atoms with Crippen molar-refractivity contribution in [3.05, 3.63) is 35.9 Å². The number of hydrogen-bond acceptors (Lipinski definition) is 2. The molecule has 0 aromatic heterocycles. The molecule has 116 valence electrons. The predicted molar refractivity (Wildman–Crippen MR) is 87.1 cm³/mol. The third kappa shape index (κ3) is 3.65. The van der Waals surface area contributed by atoms with Crippen molar-refractivity contribution < 1.29 is 4.79 Å². The van der Waals surface area contributed by atoms with Gasteiger partial charge in [0.15, 0.2) is 0 Å². The SMILES string of the molecule is CC(C)(C(=O)N(CCCN)C1CCCC1)c1ccccc1. The zero-order valence-corrected chi connectivity index (χ0v) is 13.3. The Kier molecular flexibility index (Phi) is 5.40. The zero-order chi connectivity index (χ0) is 15.3. The van der Waals surface area contributed by atoms with Crippen LogP contribution in [0, 0.1) is 0 Å². The van der Waals surface area contributed by atoms with E-state index in [1.54, 1.807) is 0 Å². The van der Waals surface area contributed by atoms with Crippen LogP contribution >= 0.6 is 0 Å². The number of amides is 1. The molecule has 1 saturated carbocycles. The maximum absolute atomic E-state index is 13.1. The summed E-state index contributed by atoms with van der Waals surface area (Å²) in [5.74, 6) is 0.244. The molecule has 1 aromatic carbocycles. The van der Waals surface area contributed by atoms with E-state index in [1.165, 1.54) is 12.8 Å². The molecular formula is C18H28N2O. The van der Waals surface area contributed by atoms with Gasteiger partial charge in [0.05, 0.1) is 5.41 Å². The van der Waals surface area contributed by atoms with E-state index in [-0.39, 0.29) is 5.91 Å². The maximum Gasteiger partial charge on any atom is 0.232 e. The summed E-state index contributed by atoms with van der Waals surface area (Å²) < 4.78 is 0. The van der Waals surface area contributed by atoms with E-state index in [0.29, 0.717) is 12.6 Å². The molecule has 0 saturated heterocycles. The minimum atomic E-state index is -0.474. The molecule has 3 nitrogen and oxygen atoms in total. The Balaban J connectivity index is 2.19. The fourth-order valence-electron chi connectivity index (χ4n) is 3.26. The largest absolute Gasteiger partial charge is 0.339 e. The van der Waals surface area contributed by atoms with Crippen LogP contribution in [0.1, 0.15) is 51.5 Å². The number of carbonyl (C=O) groups is 1. The molecule has 0 aliphatic heterocycles. The molecule has 0 atom stereocenters. The van der Waals surface area contributed by atoms with E-state index >= 15 is 0 Å². The Hall–Kier alpha value is -1.35. The van der Waals surface area contributed by atoms with Crippen LogP contribution in [-0.2, 0) is 10.2 Å². The fraction of sp³-hybridized carbons (Fsp3) is 0.611. The van der Waals surface area contributed by atoms with Gasteiger partial charge in [-0.05, 0) is 45.2 Å². The number of carbonyl (C=O) groups excluding carboxylic acids is 1. The van der Waals surface area contributed by atoms with Gasteiger partial charge >= 0.3 is 0 Å². The van der Waals surface area contributed by atoms with Crippen LogP contribution in [0.3, 0.4) is 0 Å². The van der Waals surface area contributed by atoms with E-state index in [1.807, 2.05) is 44.2 Å². The van der Waals surface area contributed by atoms with Crippen LogP contribution in [0.25, 0.3) is 0 Å². The highest BCUT2D eigenvalue weighted by molar-refractivity contribution is 5.87. The summed E-state index contributed by atoms with van der Waals surface area (Å²) in [5, 5.41) is 0. The van der Waals surface area contributed by atoms with E-state index < -0.39 is 5.41 Å². The van der Waals surface area contributed by atoms with Gasteiger partial charge < -0.3 is 10.6 Å². The molecule has 0 unspecified atom stereocenters. The summed E-state index contributed by atoms with van der Waals surface area (Å²) in [6, 6.07) is 10.5. The number of benzene rings is 1. The van der Waals surface area contributed by atoms with Crippen LogP contribution in [0.2, 0.25) is 0 Å². The van der Waals surface area contributed by atoms with Gasteiger partial charge in [0.1, 0.15) is 0 Å². The Labute approximate surface area is 128 Å². The second-order valence-electron chi connectivity index (χ2n) is 6.57. The molecule has 0 heterocycles. The van der Waals surface area contributed by atoms with Crippen molar-refractivity contribution in [1.82, 2.24) is 4.90 Å². The Morgan fingerprint density at radius 1 is 1.24 bits per heavy atom. The summed E-state index contributed by atoms with van der Waals surface area (Å²) in [4.78, 5) is 15.2. The molecule has 0 radical (unpaired) electrons. The van der Waals surface area contributed by atoms with Crippen LogP contribution < -0.4 is 5.73 Å². The second-order valence-corrected chi connectivity index (χ2v) is 6.57. The van der Waals surface area contributed by atoms with Gasteiger partial charge in [-0.2, -0.15) is 0 Å². The quantitative estimate of drug-likeness (QED) is 0.874. The Bertz CT molecular complexity index is 450. The number of rotatable bonds is 6. The molecule has 2 rings (SSSR count). The van der Waals surface area contributed by atoms with Crippen LogP contribution in [0.5, 0.6) is 0 Å². The number of nitrogens with two attached hydrogens (primary N) is 1. The van der Waals surface area contributed by atoms with E-state index in [4.69, 9.17) is 5.73 Å². The van der Waals surface area contributed by atoms with Crippen molar-refractivity contribution in [2.24, 2.45) is 5.73 Å². The lowest BCUT2D eigenvalue weighted by molar-refractivity contribution is -0.138. The van der Waals surface area contributed by atoms with E-state index in [0.717, 1.165) is 31.4 Å². The predicted octanol–water partition coefficient (Wildman–Crippen LogP) is 3.08. The van der Waals surface area contributed by atoms with Crippen molar-refractivity contribution in [2.75, 3.05) is 13.1 Å². The van der Waals surface area contributed by atoms with Gasteiger partial charge in [0, 0.05) is 12.6 Å². The lowest BCUT2D eigenvalue weighted by Crippen LogP contribution is -2.48. The molecule has 1 aromatic rings. The Morgan fingerprint density at radius 2 is 1.86 bits per heavy atom. The van der Waals surface area contributed by atoms with Gasteiger partial charge in [0.25, 0.3) is 0 Å². The summed E-state index contributed by atoms with van der Waals surface area (Å²) in [7, 11) is 0. The first-order chi connectivity index (χ1) is 10.1. The molecular weight excluding hydrogens is 260 g/mol. The summed E-state index contributed by atoms with van der Waals surface area (Å²) in [5.41, 5.74) is 6.27. The van der Waals surface area contributed by atoms with E-state index in [2.05, 4.69) is 4.90 Å². The summed E-state index contributed by atoms with van der Waals surface area (Å²) in [6.07, 6.45) is 5.64. The van der Waals surface area contributed by atoms with Crippen molar-refractivity contribution in [1.29, 1.82) is 0 Å². The maximum atomic E-state index is 13.1. The first kappa shape index (κ1) is 16.0. The minimum absolute atomic E-state index is 0.244. The average molecular weight is 288 g/mol. The molecule has 21 heavy (non-hydrogen) atoms. The van der Waals surface area contributed by atoms with Gasteiger partial charge in [0.2, 0.25) is 5.91 Å². The third-order valence-electron chi connectivity index (χ3n) is 4.66. The molecule has 1 amide bonds. The molecule has 1 aliphatic carbocycles. The van der Waals surface area contributed by atoms with E-state index in [9.17, 15) is 4.79 Å². The van der Waals surface area contributed by atoms with Crippen molar-refractivity contribution >= 4 is 5.91 Å². The fourth-order valence-corrected chi connectivity index (χ4v) is 3.26. The monoisotopic (exact) mass is 288 g/mol. The minimum Gasteiger partial charge on any atom is -0.339 e. The lowest BCUT2D eigenvalue weighted by Gasteiger charge is -2.36. The summed E-state index contributed by atoms with van der Waals surface area (Å²) >= 11 is 0. The molecule has 1 fully saturated rings. The highest BCUT2D eigenvalue weighted by Gasteiger charge is 2.37. The van der Waals surface area contributed by atoms with Gasteiger partial charge in [-0.3, -0.25) is 4.79 Å².